The molecule has 0 radical (unpaired) electrons. The Kier molecular flexibility index (Phi) is 6.36. The highest BCUT2D eigenvalue weighted by atomic mass is 16.5. The molecule has 0 bridgehead atoms. The van der Waals surface area contributed by atoms with Crippen molar-refractivity contribution in [1.82, 2.24) is 19.8 Å². The van der Waals surface area contributed by atoms with E-state index in [1.54, 1.807) is 24.4 Å². The minimum Gasteiger partial charge on any atom is -0.479 e. The fourth-order valence-corrected chi connectivity index (χ4v) is 3.31. The van der Waals surface area contributed by atoms with Crippen LogP contribution in [0.25, 0.3) is 11.3 Å². The molecule has 1 aliphatic heterocycles. The van der Waals surface area contributed by atoms with Gasteiger partial charge in [-0.2, -0.15) is 0 Å². The molecule has 1 amide bonds. The summed E-state index contributed by atoms with van der Waals surface area (Å²) < 4.78 is 10.7. The maximum absolute atomic E-state index is 12.9. The van der Waals surface area contributed by atoms with E-state index in [9.17, 15) is 4.79 Å². The lowest BCUT2D eigenvalue weighted by atomic mass is 10.1. The molecule has 2 heterocycles. The van der Waals surface area contributed by atoms with Gasteiger partial charge in [-0.05, 0) is 19.1 Å². The van der Waals surface area contributed by atoms with Crippen LogP contribution in [0, 0.1) is 0 Å². The van der Waals surface area contributed by atoms with E-state index in [0.717, 1.165) is 31.9 Å². The Morgan fingerprint density at radius 3 is 2.78 bits per heavy atom. The topological polar surface area (TPSA) is 67.8 Å². The van der Waals surface area contributed by atoms with Crippen molar-refractivity contribution in [3.8, 4) is 17.1 Å². The summed E-state index contributed by atoms with van der Waals surface area (Å²) in [6.07, 6.45) is 3.20. The van der Waals surface area contributed by atoms with Crippen LogP contribution in [0.4, 0.5) is 0 Å². The molecule has 0 unspecified atom stereocenters. The molecule has 1 aromatic heterocycles. The molecule has 0 N–H and O–H groups in total. The highest BCUT2D eigenvalue weighted by Crippen LogP contribution is 2.26. The summed E-state index contributed by atoms with van der Waals surface area (Å²) in [4.78, 5) is 25.6. The zero-order chi connectivity index (χ0) is 19.2. The Morgan fingerprint density at radius 2 is 2.04 bits per heavy atom. The Bertz CT molecular complexity index is 777. The molecule has 0 spiro atoms. The van der Waals surface area contributed by atoms with Crippen LogP contribution in [0.15, 0.2) is 36.7 Å². The Morgan fingerprint density at radius 1 is 1.30 bits per heavy atom. The number of carbonyl (C=O) groups is 1. The van der Waals surface area contributed by atoms with Gasteiger partial charge >= 0.3 is 0 Å². The van der Waals surface area contributed by atoms with Crippen molar-refractivity contribution in [2.75, 3.05) is 47.0 Å². The molecule has 1 fully saturated rings. The van der Waals surface area contributed by atoms with Gasteiger partial charge in [0, 0.05) is 56.2 Å². The lowest BCUT2D eigenvalue weighted by Crippen LogP contribution is -2.47. The number of morpholine rings is 1. The van der Waals surface area contributed by atoms with Gasteiger partial charge in [-0.1, -0.05) is 12.1 Å². The number of nitrogens with zero attached hydrogens (tertiary/aromatic N) is 4. The number of carbonyl (C=O) groups excluding carboxylic acids is 1. The third kappa shape index (κ3) is 4.61. The van der Waals surface area contributed by atoms with Crippen LogP contribution in [0.1, 0.15) is 17.3 Å². The fraction of sp³-hybridized carbons (Fsp3) is 0.450. The maximum Gasteiger partial charge on any atom is 0.253 e. The number of aromatic nitrogens is 2. The van der Waals surface area contributed by atoms with E-state index >= 15 is 0 Å². The van der Waals surface area contributed by atoms with Crippen molar-refractivity contribution >= 4 is 5.91 Å². The first-order valence-electron chi connectivity index (χ1n) is 9.13. The van der Waals surface area contributed by atoms with Crippen molar-refractivity contribution in [3.05, 3.63) is 42.2 Å². The fourth-order valence-electron chi connectivity index (χ4n) is 3.31. The van der Waals surface area contributed by atoms with E-state index in [4.69, 9.17) is 9.47 Å². The van der Waals surface area contributed by atoms with Gasteiger partial charge in [0.2, 0.25) is 5.88 Å². The van der Waals surface area contributed by atoms with Crippen LogP contribution >= 0.6 is 0 Å². The molecule has 7 nitrogen and oxygen atoms in total. The van der Waals surface area contributed by atoms with E-state index in [1.165, 1.54) is 0 Å². The zero-order valence-corrected chi connectivity index (χ0v) is 16.1. The normalized spacial score (nSPS) is 16.0. The van der Waals surface area contributed by atoms with Crippen LogP contribution in [0.2, 0.25) is 0 Å². The molecule has 0 aliphatic carbocycles. The molecule has 7 heteroatoms. The summed E-state index contributed by atoms with van der Waals surface area (Å²) in [7, 11) is 3.40. The van der Waals surface area contributed by atoms with Gasteiger partial charge in [-0.25, -0.2) is 9.97 Å². The third-order valence-corrected chi connectivity index (χ3v) is 4.79. The molecular formula is C20H26N4O3. The smallest absolute Gasteiger partial charge is 0.253 e. The number of ether oxygens (including phenoxy) is 2. The monoisotopic (exact) mass is 370 g/mol. The zero-order valence-electron chi connectivity index (χ0n) is 16.1. The van der Waals surface area contributed by atoms with Crippen molar-refractivity contribution in [1.29, 1.82) is 0 Å². The van der Waals surface area contributed by atoms with Crippen LogP contribution in [-0.2, 0) is 4.74 Å². The van der Waals surface area contributed by atoms with E-state index in [0.29, 0.717) is 23.7 Å². The van der Waals surface area contributed by atoms with E-state index in [2.05, 4.69) is 21.8 Å². The third-order valence-electron chi connectivity index (χ3n) is 4.79. The van der Waals surface area contributed by atoms with Gasteiger partial charge in [0.15, 0.2) is 0 Å². The van der Waals surface area contributed by atoms with Crippen LogP contribution in [-0.4, -0.2) is 78.7 Å². The second-order valence-corrected chi connectivity index (χ2v) is 6.68. The standard InChI is InChI=1S/C20H26N4O3/c1-15(24-9-11-27-12-10-24)14-23(2)20(25)17-6-4-5-16(13-17)18-19(26-3)22-8-7-21-18/h4-8,13,15H,9-12,14H2,1-3H3/t15-/m1/s1. The van der Waals surface area contributed by atoms with E-state index in [1.807, 2.05) is 31.3 Å². The summed E-state index contributed by atoms with van der Waals surface area (Å²) in [6.45, 7) is 6.14. The summed E-state index contributed by atoms with van der Waals surface area (Å²) >= 11 is 0. The predicted octanol–water partition coefficient (Wildman–Crippen LogP) is 1.94. The van der Waals surface area contributed by atoms with Crippen molar-refractivity contribution in [3.63, 3.8) is 0 Å². The SMILES string of the molecule is COc1nccnc1-c1cccc(C(=O)N(C)C[C@@H](C)N2CCOCC2)c1. The van der Waals surface area contributed by atoms with Crippen molar-refractivity contribution < 1.29 is 14.3 Å². The first-order valence-corrected chi connectivity index (χ1v) is 9.13. The largest absolute Gasteiger partial charge is 0.479 e. The average molecular weight is 370 g/mol. The predicted molar refractivity (Wildman–Crippen MR) is 103 cm³/mol. The molecular weight excluding hydrogens is 344 g/mol. The van der Waals surface area contributed by atoms with Gasteiger partial charge in [-0.15, -0.1) is 0 Å². The Hall–Kier alpha value is -2.51. The lowest BCUT2D eigenvalue weighted by Gasteiger charge is -2.34. The molecule has 2 aromatic rings. The van der Waals surface area contributed by atoms with Gasteiger partial charge in [0.1, 0.15) is 5.69 Å². The second-order valence-electron chi connectivity index (χ2n) is 6.68. The molecule has 1 atom stereocenters. The quantitative estimate of drug-likeness (QED) is 0.774. The summed E-state index contributed by atoms with van der Waals surface area (Å²) in [6, 6.07) is 7.71. The number of rotatable bonds is 6. The number of hydrogen-bond acceptors (Lipinski definition) is 6. The van der Waals surface area contributed by atoms with Crippen LogP contribution < -0.4 is 4.74 Å². The maximum atomic E-state index is 12.9. The number of methoxy groups -OCH3 is 1. The first kappa shape index (κ1) is 19.3. The molecule has 3 rings (SSSR count). The second kappa shape index (κ2) is 8.92. The van der Waals surface area contributed by atoms with Crippen LogP contribution in [0.3, 0.4) is 0 Å². The van der Waals surface area contributed by atoms with Crippen molar-refractivity contribution in [2.24, 2.45) is 0 Å². The molecule has 1 aromatic carbocycles. The molecule has 1 saturated heterocycles. The minimum absolute atomic E-state index is 0.0141. The van der Waals surface area contributed by atoms with Gasteiger partial charge < -0.3 is 14.4 Å². The Labute approximate surface area is 159 Å². The van der Waals surface area contributed by atoms with Gasteiger partial charge in [0.25, 0.3) is 5.91 Å². The number of likely N-dealkylation sites (N-methyl/N-ethyl adjacent to an activating group) is 1. The first-order chi connectivity index (χ1) is 13.1. The summed E-state index contributed by atoms with van der Waals surface area (Å²) in [5.74, 6) is 0.427. The summed E-state index contributed by atoms with van der Waals surface area (Å²) in [5, 5.41) is 0. The van der Waals surface area contributed by atoms with Gasteiger partial charge in [-0.3, -0.25) is 9.69 Å². The number of benzene rings is 1. The van der Waals surface area contributed by atoms with E-state index in [-0.39, 0.29) is 11.9 Å². The highest BCUT2D eigenvalue weighted by Gasteiger charge is 2.21. The highest BCUT2D eigenvalue weighted by molar-refractivity contribution is 5.95. The van der Waals surface area contributed by atoms with Crippen molar-refractivity contribution in [2.45, 2.75) is 13.0 Å². The minimum atomic E-state index is -0.0141. The van der Waals surface area contributed by atoms with Gasteiger partial charge in [0.05, 0.1) is 20.3 Å². The lowest BCUT2D eigenvalue weighted by molar-refractivity contribution is 0.0142. The molecule has 144 valence electrons. The van der Waals surface area contributed by atoms with E-state index < -0.39 is 0 Å². The van der Waals surface area contributed by atoms with Crippen LogP contribution in [0.5, 0.6) is 5.88 Å². The molecule has 1 aliphatic rings. The average Bonchev–Trinajstić information content (AvgIpc) is 2.73. The summed E-state index contributed by atoms with van der Waals surface area (Å²) in [5.41, 5.74) is 2.05. The molecule has 0 saturated carbocycles. The number of hydrogen-bond donors (Lipinski definition) is 0. The molecule has 27 heavy (non-hydrogen) atoms. The number of amides is 1. The Balaban J connectivity index is 1.73.